The number of ether oxygens (including phenoxy) is 3. The summed E-state index contributed by atoms with van der Waals surface area (Å²) in [4.78, 5) is 2.67. The maximum absolute atomic E-state index is 5.51. The normalized spacial score (nSPS) is 16.2. The molecule has 0 radical (unpaired) electrons. The van der Waals surface area contributed by atoms with Crippen molar-refractivity contribution in [2.45, 2.75) is 36.8 Å². The molecule has 1 heterocycles. The summed E-state index contributed by atoms with van der Waals surface area (Å²) in [5, 5.41) is 0. The lowest BCUT2D eigenvalue weighted by atomic mass is 10.00. The summed E-state index contributed by atoms with van der Waals surface area (Å²) in [7, 11) is 5.10. The topological polar surface area (TPSA) is 30.9 Å². The number of nitrogens with zero attached hydrogens (tertiary/aromatic N) is 1. The first-order valence-corrected chi connectivity index (χ1v) is 12.8. The van der Waals surface area contributed by atoms with E-state index in [9.17, 15) is 0 Å². The lowest BCUT2D eigenvalue weighted by Crippen LogP contribution is -2.46. The number of hydrogen-bond donors (Lipinski definition) is 0. The average Bonchev–Trinajstić information content (AvgIpc) is 2.81. The van der Waals surface area contributed by atoms with Crippen molar-refractivity contribution in [2.75, 3.05) is 45.9 Å². The van der Waals surface area contributed by atoms with Crippen molar-refractivity contribution in [1.82, 2.24) is 4.90 Å². The van der Waals surface area contributed by atoms with Gasteiger partial charge in [0.25, 0.3) is 0 Å². The van der Waals surface area contributed by atoms with Crippen LogP contribution in [0.2, 0.25) is 0 Å². The van der Waals surface area contributed by atoms with Crippen LogP contribution < -0.4 is 14.2 Å². The Balaban J connectivity index is 0.00000363. The summed E-state index contributed by atoms with van der Waals surface area (Å²) in [6, 6.07) is 14.7. The Morgan fingerprint density at radius 2 is 1.69 bits per heavy atom. The van der Waals surface area contributed by atoms with Crippen molar-refractivity contribution < 1.29 is 14.2 Å². The Morgan fingerprint density at radius 1 is 0.969 bits per heavy atom. The Kier molecular flexibility index (Phi) is 10.9. The Hall–Kier alpha value is -1.21. The second-order valence-electron chi connectivity index (χ2n) is 8.01. The molecule has 3 rings (SSSR count). The molecule has 0 saturated carbocycles. The van der Waals surface area contributed by atoms with Crippen LogP contribution in [0.4, 0.5) is 0 Å². The van der Waals surface area contributed by atoms with Gasteiger partial charge in [-0.05, 0) is 72.6 Å². The zero-order chi connectivity index (χ0) is 22.3. The van der Waals surface area contributed by atoms with Crippen molar-refractivity contribution in [3.8, 4) is 17.2 Å². The summed E-state index contributed by atoms with van der Waals surface area (Å²) >= 11 is 4.17. The fourth-order valence-electron chi connectivity index (χ4n) is 3.95. The second-order valence-corrected chi connectivity index (χ2v) is 11.3. The molecule has 0 aliphatic carbocycles. The summed E-state index contributed by atoms with van der Waals surface area (Å²) in [5.74, 6) is 5.37. The third kappa shape index (κ3) is 6.89. The van der Waals surface area contributed by atoms with Crippen molar-refractivity contribution >= 4 is 35.9 Å². The maximum Gasteiger partial charge on any atom is 0.160 e. The molecular formula is C25H36ClNO3S2. The second kappa shape index (κ2) is 12.9. The number of rotatable bonds is 10. The van der Waals surface area contributed by atoms with Gasteiger partial charge in [-0.3, -0.25) is 4.90 Å². The molecule has 1 fully saturated rings. The minimum Gasteiger partial charge on any atom is -0.497 e. The molecule has 1 unspecified atom stereocenters. The standard InChI is InChI=1S/C25H35NO3S2.ClH/c1-19(21-8-6-9-22(17-21)27-3)18-26(25(2)30-14-7-15-31-25)13-12-20-10-11-23(28-4)24(16-20)29-5;/h6,8-11,16-17,19H,7,12-15,18H2,1-5H3;1H. The highest BCUT2D eigenvalue weighted by atomic mass is 35.5. The van der Waals surface area contributed by atoms with E-state index in [2.05, 4.69) is 72.6 Å². The van der Waals surface area contributed by atoms with Gasteiger partial charge in [-0.1, -0.05) is 25.1 Å². The maximum atomic E-state index is 5.51. The Morgan fingerprint density at radius 3 is 2.34 bits per heavy atom. The Bertz CT molecular complexity index is 846. The summed E-state index contributed by atoms with van der Waals surface area (Å²) in [5.41, 5.74) is 2.59. The molecule has 2 aromatic rings. The molecule has 0 spiro atoms. The van der Waals surface area contributed by atoms with E-state index in [1.807, 2.05) is 12.1 Å². The van der Waals surface area contributed by atoms with Crippen LogP contribution in [-0.4, -0.2) is 55.0 Å². The van der Waals surface area contributed by atoms with Gasteiger partial charge >= 0.3 is 0 Å². The fraction of sp³-hybridized carbons (Fsp3) is 0.520. The van der Waals surface area contributed by atoms with Gasteiger partial charge in [0.05, 0.1) is 21.3 Å². The molecule has 4 nitrogen and oxygen atoms in total. The SMILES string of the molecule is COc1cccc(C(C)CN(CCc2ccc(OC)c(OC)c2)C2(C)SCCCS2)c1.Cl. The highest BCUT2D eigenvalue weighted by Crippen LogP contribution is 2.45. The third-order valence-corrected chi connectivity index (χ3v) is 9.16. The van der Waals surface area contributed by atoms with E-state index >= 15 is 0 Å². The Labute approximate surface area is 208 Å². The monoisotopic (exact) mass is 497 g/mol. The summed E-state index contributed by atoms with van der Waals surface area (Å²) in [6.45, 7) is 6.73. The first kappa shape index (κ1) is 27.0. The van der Waals surface area contributed by atoms with Gasteiger partial charge in [0.2, 0.25) is 0 Å². The van der Waals surface area contributed by atoms with E-state index in [4.69, 9.17) is 14.2 Å². The van der Waals surface area contributed by atoms with Crippen LogP contribution in [0.5, 0.6) is 17.2 Å². The van der Waals surface area contributed by atoms with Crippen LogP contribution in [0.3, 0.4) is 0 Å². The first-order chi connectivity index (χ1) is 15.0. The smallest absolute Gasteiger partial charge is 0.160 e. The number of halogens is 1. The van der Waals surface area contributed by atoms with Crippen LogP contribution in [0.1, 0.15) is 37.3 Å². The third-order valence-electron chi connectivity index (χ3n) is 5.88. The van der Waals surface area contributed by atoms with E-state index in [1.165, 1.54) is 29.1 Å². The minimum absolute atomic E-state index is 0. The van der Waals surface area contributed by atoms with Gasteiger partial charge < -0.3 is 14.2 Å². The molecular weight excluding hydrogens is 462 g/mol. The van der Waals surface area contributed by atoms with Crippen LogP contribution >= 0.6 is 35.9 Å². The molecule has 1 atom stereocenters. The largest absolute Gasteiger partial charge is 0.497 e. The van der Waals surface area contributed by atoms with Crippen molar-refractivity contribution in [1.29, 1.82) is 0 Å². The van der Waals surface area contributed by atoms with Crippen LogP contribution in [0, 0.1) is 0 Å². The first-order valence-electron chi connectivity index (χ1n) is 10.9. The predicted molar refractivity (Wildman–Crippen MR) is 141 cm³/mol. The number of methoxy groups -OCH3 is 3. The fourth-order valence-corrected chi connectivity index (χ4v) is 7.00. The highest BCUT2D eigenvalue weighted by Gasteiger charge is 2.35. The molecule has 0 aromatic heterocycles. The molecule has 1 aliphatic heterocycles. The van der Waals surface area contributed by atoms with Crippen LogP contribution in [0.25, 0.3) is 0 Å². The lowest BCUT2D eigenvalue weighted by Gasteiger charge is -2.44. The van der Waals surface area contributed by atoms with E-state index in [0.29, 0.717) is 5.92 Å². The summed E-state index contributed by atoms with van der Waals surface area (Å²) in [6.07, 6.45) is 2.27. The number of thioether (sulfide) groups is 2. The summed E-state index contributed by atoms with van der Waals surface area (Å²) < 4.78 is 16.4. The molecule has 0 N–H and O–H groups in total. The van der Waals surface area contributed by atoms with Gasteiger partial charge in [-0.2, -0.15) is 0 Å². The number of hydrogen-bond acceptors (Lipinski definition) is 6. The van der Waals surface area contributed by atoms with Crippen molar-refractivity contribution in [2.24, 2.45) is 0 Å². The average molecular weight is 498 g/mol. The molecule has 1 aliphatic rings. The van der Waals surface area contributed by atoms with Gasteiger partial charge in [0.1, 0.15) is 9.95 Å². The minimum atomic E-state index is 0. The van der Waals surface area contributed by atoms with E-state index in [0.717, 1.165) is 36.8 Å². The van der Waals surface area contributed by atoms with Gasteiger partial charge in [0, 0.05) is 13.1 Å². The predicted octanol–water partition coefficient (Wildman–Crippen LogP) is 6.33. The van der Waals surface area contributed by atoms with Gasteiger partial charge in [-0.25, -0.2) is 0 Å². The quantitative estimate of drug-likeness (QED) is 0.381. The molecule has 32 heavy (non-hydrogen) atoms. The molecule has 2 aromatic carbocycles. The van der Waals surface area contributed by atoms with Crippen molar-refractivity contribution in [3.63, 3.8) is 0 Å². The van der Waals surface area contributed by atoms with E-state index in [-0.39, 0.29) is 16.6 Å². The molecule has 178 valence electrons. The molecule has 0 bridgehead atoms. The number of benzene rings is 2. The molecule has 0 amide bonds. The zero-order valence-corrected chi connectivity index (χ0v) is 22.2. The highest BCUT2D eigenvalue weighted by molar-refractivity contribution is 8.18. The van der Waals surface area contributed by atoms with Crippen LogP contribution in [0.15, 0.2) is 42.5 Å². The van der Waals surface area contributed by atoms with Gasteiger partial charge in [-0.15, -0.1) is 35.9 Å². The molecule has 7 heteroatoms. The van der Waals surface area contributed by atoms with E-state index < -0.39 is 0 Å². The molecule has 1 saturated heterocycles. The van der Waals surface area contributed by atoms with Gasteiger partial charge in [0.15, 0.2) is 11.5 Å². The van der Waals surface area contributed by atoms with Crippen LogP contribution in [-0.2, 0) is 6.42 Å². The van der Waals surface area contributed by atoms with Crippen molar-refractivity contribution in [3.05, 3.63) is 53.6 Å². The zero-order valence-electron chi connectivity index (χ0n) is 19.8. The lowest BCUT2D eigenvalue weighted by molar-refractivity contribution is 0.235. The van der Waals surface area contributed by atoms with E-state index in [1.54, 1.807) is 21.3 Å².